The second-order valence-electron chi connectivity index (χ2n) is 5.03. The van der Waals surface area contributed by atoms with Gasteiger partial charge in [0.2, 0.25) is 0 Å². The molecule has 0 atom stereocenters. The maximum atomic E-state index is 9.23. The number of hydrogen-bond acceptors (Lipinski definition) is 3. The highest BCUT2D eigenvalue weighted by Crippen LogP contribution is 2.05. The van der Waals surface area contributed by atoms with Crippen molar-refractivity contribution in [3.05, 3.63) is 0 Å². The summed E-state index contributed by atoms with van der Waals surface area (Å²) in [5.74, 6) is 0. The molecule has 5 heteroatoms. The SMILES string of the molecule is C[SiH](C)CCCN.C[Si](C)(O)CCCN. The van der Waals surface area contributed by atoms with Gasteiger partial charge in [0.05, 0.1) is 0 Å². The third-order valence-electron chi connectivity index (χ3n) is 1.98. The Hall–Kier alpha value is 0.314. The average Bonchev–Trinajstić information content (AvgIpc) is 2.11. The van der Waals surface area contributed by atoms with Crippen molar-refractivity contribution in [1.29, 1.82) is 0 Å². The standard InChI is InChI=1S/C5H15NOSi.C5H15NSi/c1-8(2,7)5-3-4-6;1-7(2)5-3-4-6/h7H,3-6H2,1-2H3;7H,3-6H2,1-2H3. The number of hydrogen-bond donors (Lipinski definition) is 3. The fourth-order valence-electron chi connectivity index (χ4n) is 1.06. The van der Waals surface area contributed by atoms with Gasteiger partial charge in [-0.05, 0) is 45.1 Å². The predicted molar refractivity (Wildman–Crippen MR) is 75.5 cm³/mol. The van der Waals surface area contributed by atoms with Crippen LogP contribution in [0.15, 0.2) is 0 Å². The van der Waals surface area contributed by atoms with E-state index in [9.17, 15) is 4.80 Å². The first kappa shape index (κ1) is 17.7. The summed E-state index contributed by atoms with van der Waals surface area (Å²) in [5.41, 5.74) is 10.5. The largest absolute Gasteiger partial charge is 0.432 e. The highest BCUT2D eigenvalue weighted by Gasteiger charge is 2.14. The summed E-state index contributed by atoms with van der Waals surface area (Å²) in [6.07, 6.45) is 2.21. The molecule has 0 aromatic carbocycles. The van der Waals surface area contributed by atoms with Crippen LogP contribution in [0.3, 0.4) is 0 Å². The summed E-state index contributed by atoms with van der Waals surface area (Å²) in [6, 6.07) is 2.35. The normalized spacial score (nSPS) is 11.2. The van der Waals surface area contributed by atoms with Gasteiger partial charge in [-0.3, -0.25) is 0 Å². The maximum Gasteiger partial charge on any atom is 0.182 e. The van der Waals surface area contributed by atoms with Crippen molar-refractivity contribution in [3.8, 4) is 0 Å². The van der Waals surface area contributed by atoms with Crippen molar-refractivity contribution in [2.24, 2.45) is 11.5 Å². The molecule has 15 heavy (non-hydrogen) atoms. The number of rotatable bonds is 6. The van der Waals surface area contributed by atoms with Crippen LogP contribution >= 0.6 is 0 Å². The van der Waals surface area contributed by atoms with Crippen LogP contribution in [0.4, 0.5) is 0 Å². The summed E-state index contributed by atoms with van der Waals surface area (Å²) in [7, 11) is -2.03. The molecule has 3 nitrogen and oxygen atoms in total. The summed E-state index contributed by atoms with van der Waals surface area (Å²) in [6.45, 7) is 10.2. The molecule has 0 amide bonds. The molecule has 0 fully saturated rings. The van der Waals surface area contributed by atoms with Crippen LogP contribution in [-0.4, -0.2) is 35.0 Å². The molecule has 0 saturated heterocycles. The topological polar surface area (TPSA) is 72.3 Å². The molecule has 0 aromatic rings. The Morgan fingerprint density at radius 3 is 1.67 bits per heavy atom. The van der Waals surface area contributed by atoms with Gasteiger partial charge in [-0.1, -0.05) is 19.1 Å². The maximum absolute atomic E-state index is 9.23. The van der Waals surface area contributed by atoms with Crippen molar-refractivity contribution < 1.29 is 4.80 Å². The van der Waals surface area contributed by atoms with Gasteiger partial charge in [0.25, 0.3) is 0 Å². The monoisotopic (exact) mass is 250 g/mol. The third-order valence-corrected chi connectivity index (χ3v) is 5.12. The van der Waals surface area contributed by atoms with Gasteiger partial charge < -0.3 is 16.3 Å². The Morgan fingerprint density at radius 2 is 1.53 bits per heavy atom. The molecule has 0 bridgehead atoms. The van der Waals surface area contributed by atoms with Gasteiger partial charge in [0.1, 0.15) is 0 Å². The highest BCUT2D eigenvalue weighted by atomic mass is 28.4. The van der Waals surface area contributed by atoms with E-state index < -0.39 is 8.32 Å². The Bertz CT molecular complexity index is 127. The highest BCUT2D eigenvalue weighted by molar-refractivity contribution is 6.69. The van der Waals surface area contributed by atoms with E-state index in [-0.39, 0.29) is 8.80 Å². The second kappa shape index (κ2) is 10.8. The van der Waals surface area contributed by atoms with Crippen molar-refractivity contribution in [1.82, 2.24) is 0 Å². The number of nitrogens with two attached hydrogens (primary N) is 2. The van der Waals surface area contributed by atoms with Crippen molar-refractivity contribution >= 4 is 17.1 Å². The Morgan fingerprint density at radius 1 is 1.07 bits per heavy atom. The molecular weight excluding hydrogens is 220 g/mol. The molecule has 0 saturated carbocycles. The molecule has 0 aliphatic carbocycles. The van der Waals surface area contributed by atoms with Gasteiger partial charge in [-0.2, -0.15) is 0 Å². The zero-order valence-electron chi connectivity index (χ0n) is 10.9. The van der Waals surface area contributed by atoms with Gasteiger partial charge in [-0.15, -0.1) is 0 Å². The molecule has 0 aromatic heterocycles. The molecule has 0 unspecified atom stereocenters. The fourth-order valence-corrected chi connectivity index (χ4v) is 3.18. The molecule has 0 aliphatic heterocycles. The van der Waals surface area contributed by atoms with E-state index in [2.05, 4.69) is 13.1 Å². The molecule has 0 radical (unpaired) electrons. The molecule has 0 spiro atoms. The van der Waals surface area contributed by atoms with E-state index in [1.165, 1.54) is 12.5 Å². The lowest BCUT2D eigenvalue weighted by atomic mass is 10.5. The Labute approximate surface area is 98.0 Å². The van der Waals surface area contributed by atoms with Crippen molar-refractivity contribution in [2.75, 3.05) is 13.1 Å². The van der Waals surface area contributed by atoms with E-state index in [0.29, 0.717) is 6.54 Å². The molecule has 5 N–H and O–H groups in total. The minimum absolute atomic E-state index is 0.268. The van der Waals surface area contributed by atoms with Crippen LogP contribution in [0.2, 0.25) is 38.3 Å². The Balaban J connectivity index is 0. The zero-order valence-corrected chi connectivity index (χ0v) is 13.1. The fraction of sp³-hybridized carbons (Fsp3) is 1.00. The van der Waals surface area contributed by atoms with Crippen LogP contribution in [-0.2, 0) is 0 Å². The minimum Gasteiger partial charge on any atom is -0.432 e. The van der Waals surface area contributed by atoms with E-state index >= 15 is 0 Å². The summed E-state index contributed by atoms with van der Waals surface area (Å²) in [4.78, 5) is 9.23. The van der Waals surface area contributed by atoms with Crippen molar-refractivity contribution in [2.45, 2.75) is 51.1 Å². The van der Waals surface area contributed by atoms with Gasteiger partial charge >= 0.3 is 0 Å². The lowest BCUT2D eigenvalue weighted by molar-refractivity contribution is 0.544. The first-order valence-electron chi connectivity index (χ1n) is 5.96. The molecule has 94 valence electrons. The summed E-state index contributed by atoms with van der Waals surface area (Å²) < 4.78 is 0. The van der Waals surface area contributed by atoms with Gasteiger partial charge in [0, 0.05) is 8.80 Å². The summed E-state index contributed by atoms with van der Waals surface area (Å²) >= 11 is 0. The average molecular weight is 251 g/mol. The van der Waals surface area contributed by atoms with Gasteiger partial charge in [0.15, 0.2) is 8.32 Å². The van der Waals surface area contributed by atoms with E-state index in [4.69, 9.17) is 11.5 Å². The van der Waals surface area contributed by atoms with Crippen LogP contribution in [0.5, 0.6) is 0 Å². The van der Waals surface area contributed by atoms with Crippen LogP contribution < -0.4 is 11.5 Å². The first-order chi connectivity index (χ1) is 6.83. The molecular formula is C10H30N2OSi2. The lowest BCUT2D eigenvalue weighted by Gasteiger charge is -2.11. The smallest absolute Gasteiger partial charge is 0.182 e. The predicted octanol–water partition coefficient (Wildman–Crippen LogP) is 1.35. The van der Waals surface area contributed by atoms with Crippen LogP contribution in [0.25, 0.3) is 0 Å². The lowest BCUT2D eigenvalue weighted by Crippen LogP contribution is -2.25. The summed E-state index contributed by atoms with van der Waals surface area (Å²) in [5, 5.41) is 0. The van der Waals surface area contributed by atoms with Crippen LogP contribution in [0, 0.1) is 0 Å². The first-order valence-corrected chi connectivity index (χ1v) is 12.2. The second-order valence-corrected chi connectivity index (χ2v) is 12.5. The molecule has 0 heterocycles. The van der Waals surface area contributed by atoms with E-state index in [0.717, 1.165) is 19.0 Å². The zero-order chi connectivity index (χ0) is 12.3. The molecule has 0 aliphatic rings. The van der Waals surface area contributed by atoms with E-state index in [1.807, 2.05) is 13.1 Å². The van der Waals surface area contributed by atoms with Crippen LogP contribution in [0.1, 0.15) is 12.8 Å². The Kier molecular flexibility index (Phi) is 12.8. The molecule has 0 rings (SSSR count). The van der Waals surface area contributed by atoms with Gasteiger partial charge in [-0.25, -0.2) is 0 Å². The third kappa shape index (κ3) is 25.0. The van der Waals surface area contributed by atoms with E-state index in [1.54, 1.807) is 0 Å². The quantitative estimate of drug-likeness (QED) is 0.623. The minimum atomic E-state index is -1.76. The van der Waals surface area contributed by atoms with Crippen molar-refractivity contribution in [3.63, 3.8) is 0 Å².